The molecule has 1 N–H and O–H groups in total. The minimum Gasteiger partial charge on any atom is -0.372 e. The molecule has 3 heteroatoms. The van der Waals surface area contributed by atoms with E-state index in [1.807, 2.05) is 0 Å². The van der Waals surface area contributed by atoms with E-state index in [1.54, 1.807) is 0 Å². The molecule has 3 unspecified atom stereocenters. The lowest BCUT2D eigenvalue weighted by atomic mass is 10.1. The van der Waals surface area contributed by atoms with Gasteiger partial charge in [0.1, 0.15) is 0 Å². The van der Waals surface area contributed by atoms with Crippen LogP contribution in [0.4, 0.5) is 0 Å². The lowest BCUT2D eigenvalue weighted by molar-refractivity contribution is 0.0158. The van der Waals surface area contributed by atoms with E-state index in [0.717, 1.165) is 19.1 Å². The first-order chi connectivity index (χ1) is 9.15. The van der Waals surface area contributed by atoms with E-state index in [9.17, 15) is 0 Å². The lowest BCUT2D eigenvalue weighted by Crippen LogP contribution is -2.39. The monoisotopic (exact) mass is 268 g/mol. The molecule has 2 heterocycles. The predicted octanol–water partition coefficient (Wildman–Crippen LogP) is 2.80. The van der Waals surface area contributed by atoms with E-state index in [0.29, 0.717) is 18.2 Å². The topological polar surface area (TPSA) is 24.5 Å². The van der Waals surface area contributed by atoms with Crippen LogP contribution in [-0.2, 0) is 4.74 Å². The van der Waals surface area contributed by atoms with Gasteiger partial charge in [-0.05, 0) is 39.2 Å². The third-order valence-corrected chi connectivity index (χ3v) is 4.58. The van der Waals surface area contributed by atoms with E-state index in [2.05, 4.69) is 31.0 Å². The summed E-state index contributed by atoms with van der Waals surface area (Å²) in [5, 5.41) is 3.49. The van der Waals surface area contributed by atoms with Crippen molar-refractivity contribution in [3.63, 3.8) is 0 Å². The van der Waals surface area contributed by atoms with Gasteiger partial charge in [0.2, 0.25) is 0 Å². The Hall–Kier alpha value is -0.120. The Balaban J connectivity index is 1.71. The first kappa shape index (κ1) is 15.3. The molecule has 0 radical (unpaired) electrons. The fraction of sp³-hybridized carbons (Fsp3) is 1.00. The Morgan fingerprint density at radius 3 is 2.68 bits per heavy atom. The lowest BCUT2D eigenvalue weighted by Gasteiger charge is -2.29. The van der Waals surface area contributed by atoms with Gasteiger partial charge in [-0.1, -0.05) is 26.7 Å². The molecular weight excluding hydrogens is 236 g/mol. The highest BCUT2D eigenvalue weighted by atomic mass is 16.5. The standard InChI is InChI=1S/C16H32N2O/c1-13(2)17-11-15-8-9-16(19-15)12-18-10-6-4-5-7-14(18)3/h13-17H,4-12H2,1-3H3. The highest BCUT2D eigenvalue weighted by Gasteiger charge is 2.28. The summed E-state index contributed by atoms with van der Waals surface area (Å²) in [5.74, 6) is 0. The highest BCUT2D eigenvalue weighted by molar-refractivity contribution is 4.81. The summed E-state index contributed by atoms with van der Waals surface area (Å²) in [5.41, 5.74) is 0. The predicted molar refractivity (Wildman–Crippen MR) is 80.5 cm³/mol. The number of hydrogen-bond acceptors (Lipinski definition) is 3. The van der Waals surface area contributed by atoms with Crippen LogP contribution in [0, 0.1) is 0 Å². The molecule has 2 aliphatic heterocycles. The summed E-state index contributed by atoms with van der Waals surface area (Å²) in [6.45, 7) is 10.2. The van der Waals surface area contributed by atoms with Crippen LogP contribution in [0.3, 0.4) is 0 Å². The molecule has 0 spiro atoms. The molecule has 112 valence electrons. The molecule has 3 nitrogen and oxygen atoms in total. The number of nitrogens with one attached hydrogen (secondary N) is 1. The molecule has 0 aromatic heterocycles. The molecule has 2 fully saturated rings. The second-order valence-corrected chi connectivity index (χ2v) is 6.71. The molecule has 0 bridgehead atoms. The summed E-state index contributed by atoms with van der Waals surface area (Å²) in [6.07, 6.45) is 8.94. The van der Waals surface area contributed by atoms with Crippen LogP contribution in [0.15, 0.2) is 0 Å². The molecule has 0 aliphatic carbocycles. The Morgan fingerprint density at radius 1 is 1.11 bits per heavy atom. The first-order valence-electron chi connectivity index (χ1n) is 8.28. The number of hydrogen-bond donors (Lipinski definition) is 1. The number of likely N-dealkylation sites (tertiary alicyclic amines) is 1. The van der Waals surface area contributed by atoms with Crippen LogP contribution in [-0.4, -0.2) is 48.8 Å². The van der Waals surface area contributed by atoms with Crippen molar-refractivity contribution in [3.05, 3.63) is 0 Å². The Bertz CT molecular complexity index is 257. The summed E-state index contributed by atoms with van der Waals surface area (Å²) in [6, 6.07) is 1.31. The van der Waals surface area contributed by atoms with Gasteiger partial charge in [0.05, 0.1) is 12.2 Å². The SMILES string of the molecule is CC(C)NCC1CCC(CN2CCCCCC2C)O1. The van der Waals surface area contributed by atoms with Gasteiger partial charge >= 0.3 is 0 Å². The highest BCUT2D eigenvalue weighted by Crippen LogP contribution is 2.23. The number of ether oxygens (including phenoxy) is 1. The maximum atomic E-state index is 6.20. The van der Waals surface area contributed by atoms with Crippen molar-refractivity contribution in [3.8, 4) is 0 Å². The maximum Gasteiger partial charge on any atom is 0.0707 e. The van der Waals surface area contributed by atoms with Crippen molar-refractivity contribution in [2.75, 3.05) is 19.6 Å². The van der Waals surface area contributed by atoms with Crippen LogP contribution < -0.4 is 5.32 Å². The smallest absolute Gasteiger partial charge is 0.0707 e. The van der Waals surface area contributed by atoms with Crippen molar-refractivity contribution >= 4 is 0 Å². The van der Waals surface area contributed by atoms with Crippen LogP contribution in [0.25, 0.3) is 0 Å². The van der Waals surface area contributed by atoms with E-state index in [1.165, 1.54) is 45.1 Å². The molecule has 2 aliphatic rings. The Kier molecular flexibility index (Phi) is 6.11. The van der Waals surface area contributed by atoms with Gasteiger partial charge in [0.15, 0.2) is 0 Å². The van der Waals surface area contributed by atoms with Crippen molar-refractivity contribution in [1.29, 1.82) is 0 Å². The van der Waals surface area contributed by atoms with Gasteiger partial charge in [-0.3, -0.25) is 4.90 Å². The van der Waals surface area contributed by atoms with E-state index in [4.69, 9.17) is 4.74 Å². The maximum absolute atomic E-state index is 6.20. The van der Waals surface area contributed by atoms with E-state index in [-0.39, 0.29) is 0 Å². The largest absolute Gasteiger partial charge is 0.372 e. The van der Waals surface area contributed by atoms with Crippen LogP contribution in [0.5, 0.6) is 0 Å². The van der Waals surface area contributed by atoms with Gasteiger partial charge in [-0.2, -0.15) is 0 Å². The summed E-state index contributed by atoms with van der Waals surface area (Å²) in [4.78, 5) is 2.66. The quantitative estimate of drug-likeness (QED) is 0.830. The van der Waals surface area contributed by atoms with E-state index < -0.39 is 0 Å². The van der Waals surface area contributed by atoms with Gasteiger partial charge in [-0.15, -0.1) is 0 Å². The van der Waals surface area contributed by atoms with Gasteiger partial charge in [0, 0.05) is 25.2 Å². The van der Waals surface area contributed by atoms with Crippen molar-refractivity contribution in [2.24, 2.45) is 0 Å². The number of nitrogens with zero attached hydrogens (tertiary/aromatic N) is 1. The Morgan fingerprint density at radius 2 is 1.89 bits per heavy atom. The first-order valence-corrected chi connectivity index (χ1v) is 8.28. The minimum atomic E-state index is 0.440. The van der Waals surface area contributed by atoms with Gasteiger partial charge < -0.3 is 10.1 Å². The van der Waals surface area contributed by atoms with E-state index >= 15 is 0 Å². The third-order valence-electron chi connectivity index (χ3n) is 4.58. The molecule has 0 aromatic rings. The fourth-order valence-corrected chi connectivity index (χ4v) is 3.30. The zero-order chi connectivity index (χ0) is 13.7. The van der Waals surface area contributed by atoms with Gasteiger partial charge in [-0.25, -0.2) is 0 Å². The summed E-state index contributed by atoms with van der Waals surface area (Å²) in [7, 11) is 0. The van der Waals surface area contributed by atoms with Crippen LogP contribution in [0.1, 0.15) is 59.3 Å². The second kappa shape index (κ2) is 7.61. The summed E-state index contributed by atoms with van der Waals surface area (Å²) >= 11 is 0. The second-order valence-electron chi connectivity index (χ2n) is 6.71. The normalized spacial score (nSPS) is 33.8. The molecule has 0 amide bonds. The minimum absolute atomic E-state index is 0.440. The summed E-state index contributed by atoms with van der Waals surface area (Å²) < 4.78 is 6.20. The zero-order valence-corrected chi connectivity index (χ0v) is 13.0. The molecule has 3 atom stereocenters. The van der Waals surface area contributed by atoms with Crippen molar-refractivity contribution in [2.45, 2.75) is 83.6 Å². The zero-order valence-electron chi connectivity index (χ0n) is 13.0. The van der Waals surface area contributed by atoms with Crippen molar-refractivity contribution in [1.82, 2.24) is 10.2 Å². The third kappa shape index (κ3) is 5.05. The van der Waals surface area contributed by atoms with Crippen molar-refractivity contribution < 1.29 is 4.74 Å². The molecule has 2 rings (SSSR count). The molecule has 0 aromatic carbocycles. The molecule has 2 saturated heterocycles. The molecule has 19 heavy (non-hydrogen) atoms. The number of rotatable bonds is 5. The molecule has 0 saturated carbocycles. The van der Waals surface area contributed by atoms with Gasteiger partial charge in [0.25, 0.3) is 0 Å². The average Bonchev–Trinajstić information content (AvgIpc) is 2.72. The fourth-order valence-electron chi connectivity index (χ4n) is 3.30. The molecular formula is C16H32N2O. The van der Waals surface area contributed by atoms with Crippen LogP contribution >= 0.6 is 0 Å². The average molecular weight is 268 g/mol. The Labute approximate surface area is 119 Å². The van der Waals surface area contributed by atoms with Crippen LogP contribution in [0.2, 0.25) is 0 Å².